The van der Waals surface area contributed by atoms with Crippen LogP contribution < -0.4 is 5.32 Å². The van der Waals surface area contributed by atoms with Gasteiger partial charge in [0.25, 0.3) is 0 Å². The van der Waals surface area contributed by atoms with E-state index in [-0.39, 0.29) is 11.8 Å². The maximum Gasteiger partial charge on any atom is 0.223 e. The Labute approximate surface area is 116 Å². The number of aryl methyl sites for hydroxylation is 1. The third-order valence-corrected chi connectivity index (χ3v) is 4.02. The van der Waals surface area contributed by atoms with E-state index in [0.717, 1.165) is 19.6 Å². The summed E-state index contributed by atoms with van der Waals surface area (Å²) in [5.74, 6) is 0.570. The lowest BCUT2D eigenvalue weighted by Gasteiger charge is -2.34. The Hall–Kier alpha value is -1.35. The zero-order chi connectivity index (χ0) is 13.8. The van der Waals surface area contributed by atoms with Gasteiger partial charge >= 0.3 is 0 Å². The molecular formula is C16H24N2O. The summed E-state index contributed by atoms with van der Waals surface area (Å²) in [7, 11) is 0. The molecule has 1 N–H and O–H groups in total. The van der Waals surface area contributed by atoms with E-state index in [1.54, 1.807) is 0 Å². The second kappa shape index (κ2) is 6.20. The molecule has 0 aliphatic carbocycles. The zero-order valence-electron chi connectivity index (χ0n) is 12.1. The van der Waals surface area contributed by atoms with Gasteiger partial charge in [-0.2, -0.15) is 0 Å². The van der Waals surface area contributed by atoms with Crippen LogP contribution in [0.2, 0.25) is 0 Å². The number of nitrogens with zero attached hydrogens (tertiary/aromatic N) is 1. The van der Waals surface area contributed by atoms with E-state index in [2.05, 4.69) is 44.3 Å². The van der Waals surface area contributed by atoms with Crippen LogP contribution in [0, 0.1) is 6.92 Å². The Morgan fingerprint density at radius 1 is 1.47 bits per heavy atom. The fourth-order valence-electron chi connectivity index (χ4n) is 2.84. The van der Waals surface area contributed by atoms with Crippen LogP contribution in [-0.2, 0) is 4.79 Å². The SMILES string of the molecule is Cc1ccccc1[C@H](C)CC(=O)N1CCNC[C@@H]1C. The van der Waals surface area contributed by atoms with Gasteiger partial charge in [-0.3, -0.25) is 4.79 Å². The number of piperazine rings is 1. The van der Waals surface area contributed by atoms with E-state index in [0.29, 0.717) is 12.5 Å². The molecule has 1 heterocycles. The molecule has 0 saturated carbocycles. The van der Waals surface area contributed by atoms with E-state index < -0.39 is 0 Å². The van der Waals surface area contributed by atoms with Crippen LogP contribution in [0.3, 0.4) is 0 Å². The highest BCUT2D eigenvalue weighted by Crippen LogP contribution is 2.23. The number of benzene rings is 1. The Morgan fingerprint density at radius 3 is 2.89 bits per heavy atom. The molecule has 1 amide bonds. The standard InChI is InChI=1S/C16H24N2O/c1-12-6-4-5-7-15(12)13(2)10-16(19)18-9-8-17-11-14(18)3/h4-7,13-14,17H,8-11H2,1-3H3/t13-,14+/m1/s1. The highest BCUT2D eigenvalue weighted by Gasteiger charge is 2.24. The summed E-state index contributed by atoms with van der Waals surface area (Å²) >= 11 is 0. The molecule has 104 valence electrons. The van der Waals surface area contributed by atoms with Crippen LogP contribution >= 0.6 is 0 Å². The fraction of sp³-hybridized carbons (Fsp3) is 0.562. The molecule has 1 aliphatic rings. The maximum absolute atomic E-state index is 12.4. The molecule has 2 rings (SSSR count). The van der Waals surface area contributed by atoms with Crippen molar-refractivity contribution in [3.63, 3.8) is 0 Å². The van der Waals surface area contributed by atoms with Crippen molar-refractivity contribution in [1.29, 1.82) is 0 Å². The number of hydrogen-bond acceptors (Lipinski definition) is 2. The van der Waals surface area contributed by atoms with Gasteiger partial charge in [0.2, 0.25) is 5.91 Å². The summed E-state index contributed by atoms with van der Waals surface area (Å²) < 4.78 is 0. The highest BCUT2D eigenvalue weighted by molar-refractivity contribution is 5.77. The number of amides is 1. The molecule has 0 bridgehead atoms. The second-order valence-electron chi connectivity index (χ2n) is 5.60. The van der Waals surface area contributed by atoms with Crippen molar-refractivity contribution in [2.24, 2.45) is 0 Å². The zero-order valence-corrected chi connectivity index (χ0v) is 12.1. The first-order valence-electron chi connectivity index (χ1n) is 7.15. The smallest absolute Gasteiger partial charge is 0.223 e. The lowest BCUT2D eigenvalue weighted by atomic mass is 9.93. The maximum atomic E-state index is 12.4. The van der Waals surface area contributed by atoms with Gasteiger partial charge in [-0.25, -0.2) is 0 Å². The average molecular weight is 260 g/mol. The molecule has 1 fully saturated rings. The minimum Gasteiger partial charge on any atom is -0.337 e. The molecule has 2 atom stereocenters. The third kappa shape index (κ3) is 3.35. The van der Waals surface area contributed by atoms with E-state index in [9.17, 15) is 4.79 Å². The summed E-state index contributed by atoms with van der Waals surface area (Å²) in [4.78, 5) is 14.4. The molecule has 0 aromatic heterocycles. The monoisotopic (exact) mass is 260 g/mol. The molecule has 0 radical (unpaired) electrons. The fourth-order valence-corrected chi connectivity index (χ4v) is 2.84. The predicted octanol–water partition coefficient (Wildman–Crippen LogP) is 2.31. The first kappa shape index (κ1) is 14.1. The van der Waals surface area contributed by atoms with E-state index in [4.69, 9.17) is 0 Å². The van der Waals surface area contributed by atoms with Gasteiger partial charge in [-0.05, 0) is 30.9 Å². The highest BCUT2D eigenvalue weighted by atomic mass is 16.2. The largest absolute Gasteiger partial charge is 0.337 e. The normalized spacial score (nSPS) is 21.2. The average Bonchev–Trinajstić information content (AvgIpc) is 2.39. The van der Waals surface area contributed by atoms with E-state index in [1.165, 1.54) is 11.1 Å². The van der Waals surface area contributed by atoms with Crippen molar-refractivity contribution >= 4 is 5.91 Å². The first-order valence-corrected chi connectivity index (χ1v) is 7.15. The molecule has 19 heavy (non-hydrogen) atoms. The lowest BCUT2D eigenvalue weighted by molar-refractivity contribution is -0.134. The summed E-state index contributed by atoms with van der Waals surface area (Å²) in [6.07, 6.45) is 0.606. The van der Waals surface area contributed by atoms with Gasteiger partial charge in [0.15, 0.2) is 0 Å². The summed E-state index contributed by atoms with van der Waals surface area (Å²) in [6, 6.07) is 8.66. The molecule has 3 heteroatoms. The summed E-state index contributed by atoms with van der Waals surface area (Å²) in [5, 5.41) is 3.32. The van der Waals surface area contributed by atoms with E-state index >= 15 is 0 Å². The van der Waals surface area contributed by atoms with Gasteiger partial charge in [0.1, 0.15) is 0 Å². The van der Waals surface area contributed by atoms with Crippen LogP contribution in [0.5, 0.6) is 0 Å². The molecule has 3 nitrogen and oxygen atoms in total. The van der Waals surface area contributed by atoms with Crippen molar-refractivity contribution in [2.45, 2.75) is 39.2 Å². The van der Waals surface area contributed by atoms with Gasteiger partial charge in [0, 0.05) is 32.1 Å². The van der Waals surface area contributed by atoms with Gasteiger partial charge in [-0.15, -0.1) is 0 Å². The number of rotatable bonds is 3. The summed E-state index contributed by atoms with van der Waals surface area (Å²) in [6.45, 7) is 9.03. The molecule has 0 spiro atoms. The molecular weight excluding hydrogens is 236 g/mol. The second-order valence-corrected chi connectivity index (χ2v) is 5.60. The molecule has 1 aromatic rings. The van der Waals surface area contributed by atoms with Crippen LogP contribution in [0.15, 0.2) is 24.3 Å². The lowest BCUT2D eigenvalue weighted by Crippen LogP contribution is -2.52. The van der Waals surface area contributed by atoms with Crippen molar-refractivity contribution < 1.29 is 4.79 Å². The van der Waals surface area contributed by atoms with Crippen molar-refractivity contribution in [2.75, 3.05) is 19.6 Å². The number of hydrogen-bond donors (Lipinski definition) is 1. The van der Waals surface area contributed by atoms with E-state index in [1.807, 2.05) is 11.0 Å². The van der Waals surface area contributed by atoms with Gasteiger partial charge in [-0.1, -0.05) is 31.2 Å². The predicted molar refractivity (Wildman–Crippen MR) is 78.3 cm³/mol. The van der Waals surface area contributed by atoms with Crippen LogP contribution in [0.25, 0.3) is 0 Å². The topological polar surface area (TPSA) is 32.3 Å². The van der Waals surface area contributed by atoms with Gasteiger partial charge in [0.05, 0.1) is 0 Å². The van der Waals surface area contributed by atoms with Crippen molar-refractivity contribution in [3.8, 4) is 0 Å². The Kier molecular flexibility index (Phi) is 4.59. The molecule has 0 unspecified atom stereocenters. The Bertz CT molecular complexity index is 444. The summed E-state index contributed by atoms with van der Waals surface area (Å²) in [5.41, 5.74) is 2.56. The quantitative estimate of drug-likeness (QED) is 0.904. The Morgan fingerprint density at radius 2 is 2.21 bits per heavy atom. The first-order chi connectivity index (χ1) is 9.09. The molecule has 1 aromatic carbocycles. The van der Waals surface area contributed by atoms with Gasteiger partial charge < -0.3 is 10.2 Å². The molecule has 1 saturated heterocycles. The van der Waals surface area contributed by atoms with Crippen LogP contribution in [0.4, 0.5) is 0 Å². The number of nitrogens with one attached hydrogen (secondary N) is 1. The van der Waals surface area contributed by atoms with Crippen LogP contribution in [0.1, 0.15) is 37.3 Å². The van der Waals surface area contributed by atoms with Crippen molar-refractivity contribution in [1.82, 2.24) is 10.2 Å². The van der Waals surface area contributed by atoms with Crippen molar-refractivity contribution in [3.05, 3.63) is 35.4 Å². The minimum atomic E-state index is 0.282. The minimum absolute atomic E-state index is 0.282. The number of carbonyl (C=O) groups is 1. The number of carbonyl (C=O) groups excluding carboxylic acids is 1. The van der Waals surface area contributed by atoms with Crippen LogP contribution in [-0.4, -0.2) is 36.5 Å². The Balaban J connectivity index is 2.00. The molecule has 1 aliphatic heterocycles. The third-order valence-electron chi connectivity index (χ3n) is 4.02.